The van der Waals surface area contributed by atoms with Crippen LogP contribution in [0.4, 0.5) is 0 Å². The molecule has 1 fully saturated rings. The average Bonchev–Trinajstić information content (AvgIpc) is 2.82. The third-order valence-corrected chi connectivity index (χ3v) is 3.78. The Kier molecular flexibility index (Phi) is 4.00. The van der Waals surface area contributed by atoms with E-state index in [1.54, 1.807) is 0 Å². The van der Waals surface area contributed by atoms with Crippen molar-refractivity contribution in [2.75, 3.05) is 0 Å². The monoisotopic (exact) mass is 218 g/mol. The first-order chi connectivity index (χ1) is 7.79. The van der Waals surface area contributed by atoms with E-state index in [1.807, 2.05) is 0 Å². The molecule has 16 heavy (non-hydrogen) atoms. The van der Waals surface area contributed by atoms with Crippen LogP contribution in [0.3, 0.4) is 0 Å². The highest BCUT2D eigenvalue weighted by Gasteiger charge is 2.19. The van der Waals surface area contributed by atoms with Crippen molar-refractivity contribution >= 4 is 0 Å². The predicted molar refractivity (Wildman–Crippen MR) is 67.4 cm³/mol. The van der Waals surface area contributed by atoms with E-state index < -0.39 is 0 Å². The summed E-state index contributed by atoms with van der Waals surface area (Å²) in [5.41, 5.74) is 2.43. The molecule has 1 aliphatic rings. The van der Waals surface area contributed by atoms with Gasteiger partial charge in [0.25, 0.3) is 0 Å². The smallest absolute Gasteiger partial charge is 0.0792 e. The van der Waals surface area contributed by atoms with Gasteiger partial charge in [0.15, 0.2) is 0 Å². The van der Waals surface area contributed by atoms with Crippen molar-refractivity contribution in [1.29, 1.82) is 0 Å². The maximum atomic E-state index is 10.2. The van der Waals surface area contributed by atoms with Gasteiger partial charge < -0.3 is 5.11 Å². The summed E-state index contributed by atoms with van der Waals surface area (Å²) >= 11 is 0. The van der Waals surface area contributed by atoms with Crippen LogP contribution in [0.1, 0.15) is 56.3 Å². The van der Waals surface area contributed by atoms with Crippen molar-refractivity contribution < 1.29 is 5.11 Å². The van der Waals surface area contributed by atoms with Crippen LogP contribution in [0.2, 0.25) is 0 Å². The molecule has 0 aromatic heterocycles. The molecule has 0 radical (unpaired) electrons. The molecule has 0 amide bonds. The molecular weight excluding hydrogens is 196 g/mol. The van der Waals surface area contributed by atoms with Crippen LogP contribution in [-0.2, 0) is 6.42 Å². The van der Waals surface area contributed by atoms with Gasteiger partial charge in [-0.2, -0.15) is 0 Å². The Morgan fingerprint density at radius 1 is 1.31 bits per heavy atom. The largest absolute Gasteiger partial charge is 0.388 e. The lowest BCUT2D eigenvalue weighted by atomic mass is 9.94. The summed E-state index contributed by atoms with van der Waals surface area (Å²) < 4.78 is 0. The zero-order valence-corrected chi connectivity index (χ0v) is 10.2. The minimum absolute atomic E-state index is 0.255. The van der Waals surface area contributed by atoms with Gasteiger partial charge in [0.05, 0.1) is 6.10 Å². The first-order valence-electron chi connectivity index (χ1n) is 6.56. The van der Waals surface area contributed by atoms with Crippen LogP contribution >= 0.6 is 0 Å². The first kappa shape index (κ1) is 11.7. The van der Waals surface area contributed by atoms with Crippen molar-refractivity contribution in [1.82, 2.24) is 0 Å². The van der Waals surface area contributed by atoms with E-state index in [1.165, 1.54) is 31.2 Å². The minimum atomic E-state index is -0.255. The van der Waals surface area contributed by atoms with Gasteiger partial charge in [0.2, 0.25) is 0 Å². The highest BCUT2D eigenvalue weighted by Crippen LogP contribution is 2.33. The molecule has 1 aromatic carbocycles. The molecule has 1 heteroatoms. The van der Waals surface area contributed by atoms with E-state index in [2.05, 4.69) is 31.2 Å². The fourth-order valence-electron chi connectivity index (χ4n) is 2.72. The molecule has 1 aliphatic carbocycles. The molecule has 1 saturated carbocycles. The van der Waals surface area contributed by atoms with Crippen LogP contribution in [0.15, 0.2) is 24.3 Å². The first-order valence-corrected chi connectivity index (χ1v) is 6.56. The molecular formula is C15H22O. The summed E-state index contributed by atoms with van der Waals surface area (Å²) in [5.74, 6) is 0.750. The second-order valence-electron chi connectivity index (χ2n) is 5.00. The second-order valence-corrected chi connectivity index (χ2v) is 5.00. The van der Waals surface area contributed by atoms with Crippen LogP contribution in [0.5, 0.6) is 0 Å². The number of aliphatic hydroxyl groups excluding tert-OH is 1. The Hall–Kier alpha value is -0.820. The molecule has 2 rings (SSSR count). The molecule has 1 N–H and O–H groups in total. The normalized spacial score (nSPS) is 18.9. The van der Waals surface area contributed by atoms with Crippen molar-refractivity contribution in [2.45, 2.75) is 51.6 Å². The SMILES string of the molecule is CCc1cccc(C(O)CC2CCCC2)c1. The molecule has 1 unspecified atom stereocenters. The van der Waals surface area contributed by atoms with Crippen molar-refractivity contribution in [3.8, 4) is 0 Å². The van der Waals surface area contributed by atoms with Gasteiger partial charge in [-0.1, -0.05) is 56.9 Å². The minimum Gasteiger partial charge on any atom is -0.388 e. The molecule has 0 aliphatic heterocycles. The van der Waals surface area contributed by atoms with Gasteiger partial charge in [-0.3, -0.25) is 0 Å². The van der Waals surface area contributed by atoms with Crippen LogP contribution in [0.25, 0.3) is 0 Å². The fourth-order valence-corrected chi connectivity index (χ4v) is 2.72. The maximum Gasteiger partial charge on any atom is 0.0792 e. The molecule has 1 nitrogen and oxygen atoms in total. The summed E-state index contributed by atoms with van der Waals surface area (Å²) in [6, 6.07) is 8.40. The Balaban J connectivity index is 1.98. The topological polar surface area (TPSA) is 20.2 Å². The van der Waals surface area contributed by atoms with E-state index in [0.29, 0.717) is 0 Å². The van der Waals surface area contributed by atoms with E-state index >= 15 is 0 Å². The quantitative estimate of drug-likeness (QED) is 0.813. The molecule has 0 spiro atoms. The Morgan fingerprint density at radius 2 is 2.06 bits per heavy atom. The maximum absolute atomic E-state index is 10.2. The van der Waals surface area contributed by atoms with E-state index in [4.69, 9.17) is 0 Å². The third kappa shape index (κ3) is 2.85. The summed E-state index contributed by atoms with van der Waals surface area (Å²) in [4.78, 5) is 0. The van der Waals surface area contributed by atoms with Crippen LogP contribution < -0.4 is 0 Å². The average molecular weight is 218 g/mol. The molecule has 0 saturated heterocycles. The number of hydrogen-bond donors (Lipinski definition) is 1. The summed E-state index contributed by atoms with van der Waals surface area (Å²) in [6.45, 7) is 2.16. The molecule has 0 bridgehead atoms. The van der Waals surface area contributed by atoms with E-state index in [-0.39, 0.29) is 6.10 Å². The van der Waals surface area contributed by atoms with Crippen LogP contribution in [-0.4, -0.2) is 5.11 Å². The number of hydrogen-bond acceptors (Lipinski definition) is 1. The molecule has 88 valence electrons. The lowest BCUT2D eigenvalue weighted by Gasteiger charge is -2.16. The van der Waals surface area contributed by atoms with Crippen molar-refractivity contribution in [3.05, 3.63) is 35.4 Å². The van der Waals surface area contributed by atoms with Gasteiger partial charge in [-0.05, 0) is 29.9 Å². The van der Waals surface area contributed by atoms with Crippen LogP contribution in [0, 0.1) is 5.92 Å². The summed E-state index contributed by atoms with van der Waals surface area (Å²) in [7, 11) is 0. The Morgan fingerprint density at radius 3 is 2.75 bits per heavy atom. The lowest BCUT2D eigenvalue weighted by Crippen LogP contribution is -2.04. The Labute approximate surface area is 98.5 Å². The van der Waals surface area contributed by atoms with Gasteiger partial charge in [0, 0.05) is 0 Å². The second kappa shape index (κ2) is 5.49. The number of aliphatic hydroxyl groups is 1. The number of rotatable bonds is 4. The summed E-state index contributed by atoms with van der Waals surface area (Å²) in [5, 5.41) is 10.2. The number of aryl methyl sites for hydroxylation is 1. The Bertz CT molecular complexity index is 326. The fraction of sp³-hybridized carbons (Fsp3) is 0.600. The van der Waals surface area contributed by atoms with Crippen molar-refractivity contribution in [2.24, 2.45) is 5.92 Å². The highest BCUT2D eigenvalue weighted by atomic mass is 16.3. The van der Waals surface area contributed by atoms with E-state index in [9.17, 15) is 5.11 Å². The standard InChI is InChI=1S/C15H22O/c1-2-12-8-5-9-14(10-12)15(16)11-13-6-3-4-7-13/h5,8-10,13,15-16H,2-4,6-7,11H2,1H3. The third-order valence-electron chi connectivity index (χ3n) is 3.78. The van der Waals surface area contributed by atoms with Crippen molar-refractivity contribution in [3.63, 3.8) is 0 Å². The summed E-state index contributed by atoms with van der Waals surface area (Å²) in [6.07, 6.45) is 7.07. The van der Waals surface area contributed by atoms with Gasteiger partial charge in [-0.15, -0.1) is 0 Å². The molecule has 1 atom stereocenters. The lowest BCUT2D eigenvalue weighted by molar-refractivity contribution is 0.145. The highest BCUT2D eigenvalue weighted by molar-refractivity contribution is 5.25. The van der Waals surface area contributed by atoms with Gasteiger partial charge in [-0.25, -0.2) is 0 Å². The van der Waals surface area contributed by atoms with Gasteiger partial charge >= 0.3 is 0 Å². The predicted octanol–water partition coefficient (Wildman–Crippen LogP) is 3.86. The molecule has 1 aromatic rings. The number of benzene rings is 1. The molecule has 0 heterocycles. The zero-order chi connectivity index (χ0) is 11.4. The zero-order valence-electron chi connectivity index (χ0n) is 10.2. The van der Waals surface area contributed by atoms with Gasteiger partial charge in [0.1, 0.15) is 0 Å². The van der Waals surface area contributed by atoms with E-state index in [0.717, 1.165) is 24.3 Å².